The van der Waals surface area contributed by atoms with Crippen LogP contribution in [0.1, 0.15) is 69.2 Å². The standard InChI is InChI=1S/C33H39NO4/c1-21-26(24-17-11-7-12-18-24)28(31(35)36)27(25-19-13-8-14-20-25)29(32(37)38-33(3,4)5)30(21)34-22(2)23-15-9-6-10-16-23/h6-22,26-30,34H,1-5H3,(H,35,36). The second kappa shape index (κ2) is 11.5. The van der Waals surface area contributed by atoms with E-state index in [0.717, 1.165) is 16.7 Å². The van der Waals surface area contributed by atoms with Crippen molar-refractivity contribution in [3.63, 3.8) is 0 Å². The molecule has 1 saturated carbocycles. The van der Waals surface area contributed by atoms with Crippen LogP contribution in [0.25, 0.3) is 0 Å². The first-order valence-electron chi connectivity index (χ1n) is 13.4. The summed E-state index contributed by atoms with van der Waals surface area (Å²) < 4.78 is 5.99. The number of carbonyl (C=O) groups is 2. The van der Waals surface area contributed by atoms with Crippen molar-refractivity contribution in [2.24, 2.45) is 17.8 Å². The van der Waals surface area contributed by atoms with Crippen LogP contribution in [0.3, 0.4) is 0 Å². The van der Waals surface area contributed by atoms with Crippen LogP contribution in [-0.4, -0.2) is 28.7 Å². The van der Waals surface area contributed by atoms with Gasteiger partial charge in [0.05, 0.1) is 11.8 Å². The predicted octanol–water partition coefficient (Wildman–Crippen LogP) is 6.58. The van der Waals surface area contributed by atoms with Gasteiger partial charge in [-0.05, 0) is 50.3 Å². The molecule has 5 heteroatoms. The molecule has 1 aliphatic rings. The van der Waals surface area contributed by atoms with Gasteiger partial charge in [0, 0.05) is 23.9 Å². The minimum atomic E-state index is -0.900. The summed E-state index contributed by atoms with van der Waals surface area (Å²) in [6, 6.07) is 29.2. The van der Waals surface area contributed by atoms with Gasteiger partial charge in [0.2, 0.25) is 0 Å². The maximum absolute atomic E-state index is 14.0. The number of carboxylic acid groups (broad SMARTS) is 1. The van der Waals surface area contributed by atoms with E-state index in [9.17, 15) is 14.7 Å². The molecule has 0 aliphatic heterocycles. The van der Waals surface area contributed by atoms with Gasteiger partial charge in [0.25, 0.3) is 0 Å². The molecule has 0 saturated heterocycles. The first-order chi connectivity index (χ1) is 18.1. The number of esters is 1. The molecule has 3 aromatic carbocycles. The van der Waals surface area contributed by atoms with Gasteiger partial charge in [-0.2, -0.15) is 0 Å². The molecule has 0 radical (unpaired) electrons. The average molecular weight is 514 g/mol. The Hall–Kier alpha value is -3.44. The highest BCUT2D eigenvalue weighted by Gasteiger charge is 2.56. The SMILES string of the molecule is CC(NC1C(C)C(c2ccccc2)C(C(=O)O)C(c2ccccc2)C1C(=O)OC(C)(C)C)c1ccccc1. The van der Waals surface area contributed by atoms with Crippen molar-refractivity contribution < 1.29 is 19.4 Å². The summed E-state index contributed by atoms with van der Waals surface area (Å²) in [5.41, 5.74) is 2.21. The molecule has 0 amide bonds. The highest BCUT2D eigenvalue weighted by molar-refractivity contribution is 5.80. The zero-order valence-corrected chi connectivity index (χ0v) is 22.9. The number of hydrogen-bond acceptors (Lipinski definition) is 4. The van der Waals surface area contributed by atoms with E-state index in [-0.39, 0.29) is 29.9 Å². The minimum absolute atomic E-state index is 0.0530. The monoisotopic (exact) mass is 513 g/mol. The van der Waals surface area contributed by atoms with Crippen LogP contribution in [0.15, 0.2) is 91.0 Å². The van der Waals surface area contributed by atoms with Crippen molar-refractivity contribution >= 4 is 11.9 Å². The molecule has 5 nitrogen and oxygen atoms in total. The lowest BCUT2D eigenvalue weighted by Crippen LogP contribution is -2.58. The van der Waals surface area contributed by atoms with Gasteiger partial charge in [0.15, 0.2) is 0 Å². The molecule has 0 heterocycles. The van der Waals surface area contributed by atoms with Gasteiger partial charge in [-0.25, -0.2) is 0 Å². The fraction of sp³-hybridized carbons (Fsp3) is 0.394. The third kappa shape index (κ3) is 5.99. The van der Waals surface area contributed by atoms with Crippen LogP contribution in [0.5, 0.6) is 0 Å². The number of aliphatic carboxylic acids is 1. The molecule has 1 fully saturated rings. The van der Waals surface area contributed by atoms with Gasteiger partial charge < -0.3 is 15.2 Å². The van der Waals surface area contributed by atoms with E-state index in [0.29, 0.717) is 0 Å². The van der Waals surface area contributed by atoms with E-state index < -0.39 is 29.3 Å². The topological polar surface area (TPSA) is 75.6 Å². The lowest BCUT2D eigenvalue weighted by atomic mass is 9.56. The molecule has 38 heavy (non-hydrogen) atoms. The normalized spacial score (nSPS) is 26.3. The Morgan fingerprint density at radius 1 is 0.789 bits per heavy atom. The van der Waals surface area contributed by atoms with Crippen molar-refractivity contribution in [3.8, 4) is 0 Å². The van der Waals surface area contributed by atoms with E-state index in [1.165, 1.54) is 0 Å². The highest BCUT2D eigenvalue weighted by atomic mass is 16.6. The Morgan fingerprint density at radius 2 is 1.26 bits per heavy atom. The van der Waals surface area contributed by atoms with Crippen LogP contribution < -0.4 is 5.32 Å². The van der Waals surface area contributed by atoms with Crippen molar-refractivity contribution in [3.05, 3.63) is 108 Å². The Kier molecular flexibility index (Phi) is 8.37. The maximum Gasteiger partial charge on any atom is 0.311 e. The number of nitrogens with one attached hydrogen (secondary N) is 1. The predicted molar refractivity (Wildman–Crippen MR) is 150 cm³/mol. The number of hydrogen-bond donors (Lipinski definition) is 2. The van der Waals surface area contributed by atoms with Crippen LogP contribution in [0.4, 0.5) is 0 Å². The first-order valence-corrected chi connectivity index (χ1v) is 13.4. The quantitative estimate of drug-likeness (QED) is 0.349. The summed E-state index contributed by atoms with van der Waals surface area (Å²) in [6.07, 6.45) is 0. The molecule has 7 atom stereocenters. The summed E-state index contributed by atoms with van der Waals surface area (Å²) in [4.78, 5) is 27.1. The van der Waals surface area contributed by atoms with Crippen molar-refractivity contribution in [2.45, 2.75) is 64.1 Å². The Balaban J connectivity index is 1.90. The maximum atomic E-state index is 14.0. The molecule has 3 aromatic rings. The highest BCUT2D eigenvalue weighted by Crippen LogP contribution is 2.53. The fourth-order valence-electron chi connectivity index (χ4n) is 6.18. The first kappa shape index (κ1) is 27.6. The van der Waals surface area contributed by atoms with Gasteiger partial charge in [-0.1, -0.05) is 97.9 Å². The Bertz CT molecular complexity index is 1210. The summed E-state index contributed by atoms with van der Waals surface area (Å²) >= 11 is 0. The van der Waals surface area contributed by atoms with Crippen LogP contribution in [0, 0.1) is 17.8 Å². The molecular weight excluding hydrogens is 474 g/mol. The third-order valence-corrected chi connectivity index (χ3v) is 7.76. The summed E-state index contributed by atoms with van der Waals surface area (Å²) in [6.45, 7) is 9.72. The van der Waals surface area contributed by atoms with Crippen molar-refractivity contribution in [1.29, 1.82) is 0 Å². The minimum Gasteiger partial charge on any atom is -0.481 e. The van der Waals surface area contributed by atoms with E-state index in [2.05, 4.69) is 31.3 Å². The van der Waals surface area contributed by atoms with Gasteiger partial charge >= 0.3 is 11.9 Å². The van der Waals surface area contributed by atoms with Crippen LogP contribution in [0.2, 0.25) is 0 Å². The molecule has 2 N–H and O–H groups in total. The average Bonchev–Trinajstić information content (AvgIpc) is 2.89. The van der Waals surface area contributed by atoms with E-state index in [4.69, 9.17) is 4.74 Å². The molecule has 200 valence electrons. The molecule has 0 bridgehead atoms. The van der Waals surface area contributed by atoms with Crippen molar-refractivity contribution in [2.75, 3.05) is 0 Å². The Labute approximate surface area is 226 Å². The summed E-state index contributed by atoms with van der Waals surface area (Å²) in [5.74, 6) is -3.82. The largest absolute Gasteiger partial charge is 0.481 e. The number of benzene rings is 3. The fourth-order valence-corrected chi connectivity index (χ4v) is 6.18. The smallest absolute Gasteiger partial charge is 0.311 e. The molecule has 0 spiro atoms. The van der Waals surface area contributed by atoms with Gasteiger partial charge in [-0.3, -0.25) is 9.59 Å². The molecule has 1 aliphatic carbocycles. The molecule has 4 rings (SSSR count). The lowest BCUT2D eigenvalue weighted by Gasteiger charge is -2.50. The zero-order valence-electron chi connectivity index (χ0n) is 22.9. The van der Waals surface area contributed by atoms with Gasteiger partial charge in [0.1, 0.15) is 5.60 Å². The summed E-state index contributed by atoms with van der Waals surface area (Å²) in [5, 5.41) is 14.5. The molecule has 7 unspecified atom stereocenters. The van der Waals surface area contributed by atoms with E-state index >= 15 is 0 Å². The number of carbonyl (C=O) groups excluding carboxylic acids is 1. The van der Waals surface area contributed by atoms with Crippen molar-refractivity contribution in [1.82, 2.24) is 5.32 Å². The molecular formula is C33H39NO4. The van der Waals surface area contributed by atoms with Crippen LogP contribution in [-0.2, 0) is 14.3 Å². The third-order valence-electron chi connectivity index (χ3n) is 7.76. The second-order valence-electron chi connectivity index (χ2n) is 11.5. The summed E-state index contributed by atoms with van der Waals surface area (Å²) in [7, 11) is 0. The number of carboxylic acids is 1. The number of ether oxygens (including phenoxy) is 1. The van der Waals surface area contributed by atoms with Gasteiger partial charge in [-0.15, -0.1) is 0 Å². The van der Waals surface area contributed by atoms with Crippen LogP contribution >= 0.6 is 0 Å². The zero-order chi connectivity index (χ0) is 27.4. The van der Waals surface area contributed by atoms with E-state index in [1.54, 1.807) is 0 Å². The Morgan fingerprint density at radius 3 is 1.74 bits per heavy atom. The molecule has 0 aromatic heterocycles. The van der Waals surface area contributed by atoms with E-state index in [1.807, 2.05) is 99.6 Å². The number of rotatable bonds is 7. The second-order valence-corrected chi connectivity index (χ2v) is 11.5. The lowest BCUT2D eigenvalue weighted by molar-refractivity contribution is -0.167.